The van der Waals surface area contributed by atoms with Gasteiger partial charge in [-0.2, -0.15) is 0 Å². The molecule has 0 spiro atoms. The van der Waals surface area contributed by atoms with E-state index in [0.29, 0.717) is 6.54 Å². The number of hydrogen-bond acceptors (Lipinski definition) is 5. The molecule has 0 aromatic carbocycles. The van der Waals surface area contributed by atoms with Gasteiger partial charge in [-0.3, -0.25) is 14.5 Å². The Kier molecular flexibility index (Phi) is 4.19. The van der Waals surface area contributed by atoms with E-state index < -0.39 is 11.9 Å². The van der Waals surface area contributed by atoms with E-state index in [9.17, 15) is 9.59 Å². The zero-order chi connectivity index (χ0) is 11.3. The van der Waals surface area contributed by atoms with Crippen LogP contribution in [-0.2, 0) is 16.1 Å². The SMILES string of the molecule is NC(=O)CN(CC(=O)O)Cc1nccs1. The van der Waals surface area contributed by atoms with Gasteiger partial charge in [-0.1, -0.05) is 0 Å². The summed E-state index contributed by atoms with van der Waals surface area (Å²) in [5, 5.41) is 11.2. The molecule has 3 N–H and O–H groups in total. The summed E-state index contributed by atoms with van der Waals surface area (Å²) in [6, 6.07) is 0. The van der Waals surface area contributed by atoms with Gasteiger partial charge in [0.2, 0.25) is 5.91 Å². The third-order valence-corrected chi connectivity index (χ3v) is 2.35. The van der Waals surface area contributed by atoms with E-state index in [4.69, 9.17) is 10.8 Å². The van der Waals surface area contributed by atoms with Gasteiger partial charge in [0.25, 0.3) is 0 Å². The Morgan fingerprint density at radius 3 is 2.73 bits per heavy atom. The minimum Gasteiger partial charge on any atom is -0.480 e. The molecule has 0 saturated heterocycles. The van der Waals surface area contributed by atoms with E-state index in [1.807, 2.05) is 0 Å². The van der Waals surface area contributed by atoms with Crippen molar-refractivity contribution in [3.8, 4) is 0 Å². The summed E-state index contributed by atoms with van der Waals surface area (Å²) in [6.45, 7) is 0.0291. The van der Waals surface area contributed by atoms with Crippen LogP contribution >= 0.6 is 11.3 Å². The molecule has 82 valence electrons. The van der Waals surface area contributed by atoms with Gasteiger partial charge in [0.05, 0.1) is 19.6 Å². The number of aliphatic carboxylic acids is 1. The first kappa shape index (κ1) is 11.6. The number of carboxylic acid groups (broad SMARTS) is 1. The standard InChI is InChI=1S/C8H11N3O3S/c9-6(12)3-11(5-8(13)14)4-7-10-1-2-15-7/h1-2H,3-5H2,(H2,9,12)(H,13,14). The lowest BCUT2D eigenvalue weighted by Crippen LogP contribution is -2.36. The summed E-state index contributed by atoms with van der Waals surface area (Å²) >= 11 is 1.41. The Morgan fingerprint density at radius 1 is 1.53 bits per heavy atom. The molecule has 1 rings (SSSR count). The van der Waals surface area contributed by atoms with E-state index in [0.717, 1.165) is 5.01 Å². The molecule has 1 amide bonds. The van der Waals surface area contributed by atoms with Crippen molar-refractivity contribution in [2.24, 2.45) is 5.73 Å². The number of thiazole rings is 1. The number of aromatic nitrogens is 1. The second-order valence-electron chi connectivity index (χ2n) is 2.93. The number of nitrogens with zero attached hydrogens (tertiary/aromatic N) is 2. The second kappa shape index (κ2) is 5.42. The van der Waals surface area contributed by atoms with Crippen molar-refractivity contribution >= 4 is 23.2 Å². The number of carboxylic acids is 1. The Labute approximate surface area is 90.3 Å². The van der Waals surface area contributed by atoms with E-state index in [2.05, 4.69) is 4.98 Å². The maximum Gasteiger partial charge on any atom is 0.317 e. The van der Waals surface area contributed by atoms with Gasteiger partial charge in [0, 0.05) is 11.6 Å². The van der Waals surface area contributed by atoms with Crippen LogP contribution in [0.15, 0.2) is 11.6 Å². The molecule has 0 bridgehead atoms. The second-order valence-corrected chi connectivity index (χ2v) is 3.91. The monoisotopic (exact) mass is 229 g/mol. The average Bonchev–Trinajstić information content (AvgIpc) is 2.53. The van der Waals surface area contributed by atoms with Crippen LogP contribution in [0.2, 0.25) is 0 Å². The predicted octanol–water partition coefficient (Wildman–Crippen LogP) is -0.485. The fourth-order valence-corrected chi connectivity index (χ4v) is 1.76. The maximum atomic E-state index is 10.7. The van der Waals surface area contributed by atoms with Crippen molar-refractivity contribution in [1.82, 2.24) is 9.88 Å². The first-order valence-electron chi connectivity index (χ1n) is 4.18. The molecule has 0 radical (unpaired) electrons. The van der Waals surface area contributed by atoms with E-state index in [1.54, 1.807) is 11.6 Å². The van der Waals surface area contributed by atoms with Crippen molar-refractivity contribution in [2.75, 3.05) is 13.1 Å². The highest BCUT2D eigenvalue weighted by Crippen LogP contribution is 2.07. The lowest BCUT2D eigenvalue weighted by atomic mass is 10.4. The third-order valence-electron chi connectivity index (χ3n) is 1.58. The van der Waals surface area contributed by atoms with Gasteiger partial charge in [0.1, 0.15) is 5.01 Å². The summed E-state index contributed by atoms with van der Waals surface area (Å²) in [7, 11) is 0. The van der Waals surface area contributed by atoms with Gasteiger partial charge < -0.3 is 10.8 Å². The first-order valence-corrected chi connectivity index (χ1v) is 5.06. The molecule has 0 aliphatic rings. The van der Waals surface area contributed by atoms with Crippen LogP contribution in [0.3, 0.4) is 0 Å². The summed E-state index contributed by atoms with van der Waals surface area (Å²) in [6.07, 6.45) is 1.63. The minimum absolute atomic E-state index is 0.0775. The summed E-state index contributed by atoms with van der Waals surface area (Å²) in [5.41, 5.74) is 5.01. The van der Waals surface area contributed by atoms with Crippen LogP contribution < -0.4 is 5.73 Å². The number of hydrogen-bond donors (Lipinski definition) is 2. The Bertz CT molecular complexity index is 323. The topological polar surface area (TPSA) is 96.5 Å². The summed E-state index contributed by atoms with van der Waals surface area (Å²) in [5.74, 6) is -1.54. The summed E-state index contributed by atoms with van der Waals surface area (Å²) < 4.78 is 0. The van der Waals surface area contributed by atoms with E-state index in [1.165, 1.54) is 16.2 Å². The molecular formula is C8H11N3O3S. The van der Waals surface area contributed by atoms with Crippen LogP contribution in [0.5, 0.6) is 0 Å². The van der Waals surface area contributed by atoms with Crippen molar-refractivity contribution in [2.45, 2.75) is 6.54 Å². The van der Waals surface area contributed by atoms with Crippen LogP contribution in [0, 0.1) is 0 Å². The Morgan fingerprint density at radius 2 is 2.27 bits per heavy atom. The van der Waals surface area contributed by atoms with Crippen LogP contribution in [-0.4, -0.2) is 40.0 Å². The molecule has 0 aliphatic heterocycles. The molecule has 0 aliphatic carbocycles. The summed E-state index contributed by atoms with van der Waals surface area (Å²) in [4.78, 5) is 26.6. The molecular weight excluding hydrogens is 218 g/mol. The van der Waals surface area contributed by atoms with Gasteiger partial charge in [-0.05, 0) is 0 Å². The van der Waals surface area contributed by atoms with Gasteiger partial charge in [0.15, 0.2) is 0 Å². The lowest BCUT2D eigenvalue weighted by Gasteiger charge is -2.16. The van der Waals surface area contributed by atoms with Crippen molar-refractivity contribution in [3.05, 3.63) is 16.6 Å². The van der Waals surface area contributed by atoms with Gasteiger partial charge in [-0.15, -0.1) is 11.3 Å². The van der Waals surface area contributed by atoms with Gasteiger partial charge in [-0.25, -0.2) is 4.98 Å². The van der Waals surface area contributed by atoms with Gasteiger partial charge >= 0.3 is 5.97 Å². The molecule has 1 aromatic heterocycles. The van der Waals surface area contributed by atoms with Crippen LogP contribution in [0.4, 0.5) is 0 Å². The first-order chi connectivity index (χ1) is 7.08. The minimum atomic E-state index is -0.993. The lowest BCUT2D eigenvalue weighted by molar-refractivity contribution is -0.138. The molecule has 0 fully saturated rings. The zero-order valence-corrected chi connectivity index (χ0v) is 8.74. The molecule has 7 heteroatoms. The number of carbonyl (C=O) groups excluding carboxylic acids is 1. The Hall–Kier alpha value is -1.47. The van der Waals surface area contributed by atoms with Crippen molar-refractivity contribution < 1.29 is 14.7 Å². The number of carbonyl (C=O) groups is 2. The number of nitrogens with two attached hydrogens (primary N) is 1. The average molecular weight is 229 g/mol. The highest BCUT2D eigenvalue weighted by molar-refractivity contribution is 7.09. The fraction of sp³-hybridized carbons (Fsp3) is 0.375. The molecule has 15 heavy (non-hydrogen) atoms. The molecule has 0 unspecified atom stereocenters. The smallest absolute Gasteiger partial charge is 0.317 e. The van der Waals surface area contributed by atoms with Crippen molar-refractivity contribution in [1.29, 1.82) is 0 Å². The van der Waals surface area contributed by atoms with Crippen molar-refractivity contribution in [3.63, 3.8) is 0 Å². The Balaban J connectivity index is 2.55. The normalized spacial score (nSPS) is 10.5. The maximum absolute atomic E-state index is 10.7. The molecule has 1 aromatic rings. The zero-order valence-electron chi connectivity index (χ0n) is 7.92. The largest absolute Gasteiger partial charge is 0.480 e. The molecule has 6 nitrogen and oxygen atoms in total. The highest BCUT2D eigenvalue weighted by Gasteiger charge is 2.13. The van der Waals surface area contributed by atoms with E-state index >= 15 is 0 Å². The number of primary amides is 1. The van der Waals surface area contributed by atoms with E-state index in [-0.39, 0.29) is 13.1 Å². The van der Waals surface area contributed by atoms with Crippen LogP contribution in [0.1, 0.15) is 5.01 Å². The van der Waals surface area contributed by atoms with Crippen LogP contribution in [0.25, 0.3) is 0 Å². The third kappa shape index (κ3) is 4.52. The number of amides is 1. The number of rotatable bonds is 6. The predicted molar refractivity (Wildman–Crippen MR) is 54.2 cm³/mol. The molecule has 0 atom stereocenters. The highest BCUT2D eigenvalue weighted by atomic mass is 32.1. The molecule has 0 saturated carbocycles. The fourth-order valence-electron chi connectivity index (χ4n) is 1.10. The quantitative estimate of drug-likeness (QED) is 0.686. The molecule has 1 heterocycles.